The molecule has 0 aliphatic carbocycles. The summed E-state index contributed by atoms with van der Waals surface area (Å²) in [5.41, 5.74) is 6.85. The van der Waals surface area contributed by atoms with Crippen molar-refractivity contribution in [1.82, 2.24) is 4.98 Å². The predicted molar refractivity (Wildman–Crippen MR) is 91.7 cm³/mol. The van der Waals surface area contributed by atoms with Crippen LogP contribution in [0, 0.1) is 28.5 Å². The van der Waals surface area contributed by atoms with E-state index >= 15 is 0 Å². The van der Waals surface area contributed by atoms with E-state index in [1.165, 1.54) is 30.0 Å². The van der Waals surface area contributed by atoms with Crippen molar-refractivity contribution >= 4 is 17.6 Å². The Balaban J connectivity index is 2.15. The van der Waals surface area contributed by atoms with Crippen molar-refractivity contribution in [1.29, 1.82) is 10.5 Å². The minimum atomic E-state index is -0.467. The van der Waals surface area contributed by atoms with Crippen LogP contribution in [0.3, 0.4) is 0 Å². The third-order valence-electron chi connectivity index (χ3n) is 3.46. The van der Waals surface area contributed by atoms with Gasteiger partial charge in [0.25, 0.3) is 0 Å². The summed E-state index contributed by atoms with van der Waals surface area (Å²) in [4.78, 5) is 4.18. The number of anilines is 1. The van der Waals surface area contributed by atoms with Crippen molar-refractivity contribution in [2.24, 2.45) is 0 Å². The van der Waals surface area contributed by atoms with E-state index in [9.17, 15) is 14.9 Å². The third-order valence-corrected chi connectivity index (χ3v) is 4.46. The molecule has 5 nitrogen and oxygen atoms in total. The second kappa shape index (κ2) is 7.08. The summed E-state index contributed by atoms with van der Waals surface area (Å²) < 4.78 is 18.9. The fourth-order valence-electron chi connectivity index (χ4n) is 2.37. The Morgan fingerprint density at radius 3 is 2.60 bits per heavy atom. The molecule has 0 saturated heterocycles. The van der Waals surface area contributed by atoms with Crippen molar-refractivity contribution in [3.05, 3.63) is 65.4 Å². The molecule has 25 heavy (non-hydrogen) atoms. The molecular formula is C18H11FN4OS. The van der Waals surface area contributed by atoms with Gasteiger partial charge in [0, 0.05) is 5.56 Å². The molecule has 0 amide bonds. The van der Waals surface area contributed by atoms with Crippen LogP contribution in [0.4, 0.5) is 10.2 Å². The fraction of sp³-hybridized carbons (Fsp3) is 0.0556. The monoisotopic (exact) mass is 350 g/mol. The minimum absolute atomic E-state index is 0.00251. The van der Waals surface area contributed by atoms with Crippen LogP contribution >= 0.6 is 11.8 Å². The van der Waals surface area contributed by atoms with Gasteiger partial charge in [0.05, 0.1) is 17.6 Å². The number of pyridine rings is 1. The molecule has 0 atom stereocenters. The molecule has 0 saturated carbocycles. The summed E-state index contributed by atoms with van der Waals surface area (Å²) >= 11 is 1.27. The number of nitrogens with zero attached hydrogens (tertiary/aromatic N) is 3. The maximum absolute atomic E-state index is 13.6. The van der Waals surface area contributed by atoms with E-state index in [1.807, 2.05) is 6.07 Å². The maximum atomic E-state index is 13.6. The summed E-state index contributed by atoms with van der Waals surface area (Å²) in [7, 11) is 0. The zero-order valence-corrected chi connectivity index (χ0v) is 13.7. The standard InChI is InChI=1S/C18H11FN4OS/c19-12-4-1-3-11(7-12)16-14(8-20)17(22)23-18(15(16)9-21)25-10-13-5-2-6-24-13/h1-7H,10H2,(H2,22,23). The van der Waals surface area contributed by atoms with Gasteiger partial charge >= 0.3 is 0 Å². The highest BCUT2D eigenvalue weighted by atomic mass is 32.2. The fourth-order valence-corrected chi connectivity index (χ4v) is 3.27. The van der Waals surface area contributed by atoms with Crippen molar-refractivity contribution in [2.45, 2.75) is 10.8 Å². The first-order valence-corrected chi connectivity index (χ1v) is 8.17. The number of furan rings is 1. The van der Waals surface area contributed by atoms with E-state index in [0.717, 1.165) is 0 Å². The average molecular weight is 350 g/mol. The topological polar surface area (TPSA) is 99.6 Å². The first kappa shape index (κ1) is 16.6. The lowest BCUT2D eigenvalue weighted by Gasteiger charge is -2.12. The van der Waals surface area contributed by atoms with Crippen LogP contribution in [-0.4, -0.2) is 4.98 Å². The summed E-state index contributed by atoms with van der Waals surface area (Å²) in [5.74, 6) is 0.696. The van der Waals surface area contributed by atoms with Crippen molar-refractivity contribution in [3.8, 4) is 23.3 Å². The highest BCUT2D eigenvalue weighted by Crippen LogP contribution is 2.36. The molecule has 0 aliphatic rings. The number of nitrogens with two attached hydrogens (primary N) is 1. The number of thioether (sulfide) groups is 1. The molecule has 2 aromatic heterocycles. The van der Waals surface area contributed by atoms with Gasteiger partial charge in [0.1, 0.15) is 40.1 Å². The van der Waals surface area contributed by atoms with Crippen molar-refractivity contribution in [2.75, 3.05) is 5.73 Å². The minimum Gasteiger partial charge on any atom is -0.468 e. The number of nitriles is 2. The first-order valence-electron chi connectivity index (χ1n) is 7.18. The van der Waals surface area contributed by atoms with Gasteiger partial charge < -0.3 is 10.2 Å². The van der Waals surface area contributed by atoms with E-state index < -0.39 is 5.82 Å². The van der Waals surface area contributed by atoms with Gasteiger partial charge in [-0.25, -0.2) is 9.37 Å². The van der Waals surface area contributed by atoms with Gasteiger partial charge in [-0.05, 0) is 29.8 Å². The average Bonchev–Trinajstić information content (AvgIpc) is 3.12. The lowest BCUT2D eigenvalue weighted by Crippen LogP contribution is -2.03. The predicted octanol–water partition coefficient (Wildman–Crippen LogP) is 4.10. The van der Waals surface area contributed by atoms with E-state index in [4.69, 9.17) is 10.2 Å². The molecule has 2 N–H and O–H groups in total. The van der Waals surface area contributed by atoms with Crippen LogP contribution in [-0.2, 0) is 5.75 Å². The Bertz CT molecular complexity index is 1000. The molecule has 7 heteroatoms. The molecule has 122 valence electrons. The van der Waals surface area contributed by atoms with Crippen LogP contribution < -0.4 is 5.73 Å². The number of hydrogen-bond donors (Lipinski definition) is 1. The second-order valence-corrected chi connectivity index (χ2v) is 5.99. The van der Waals surface area contributed by atoms with Gasteiger partial charge in [-0.15, -0.1) is 0 Å². The number of aromatic nitrogens is 1. The molecule has 0 unspecified atom stereocenters. The van der Waals surface area contributed by atoms with Crippen LogP contribution in [0.25, 0.3) is 11.1 Å². The second-order valence-electron chi connectivity index (χ2n) is 5.03. The third kappa shape index (κ3) is 3.32. The zero-order chi connectivity index (χ0) is 17.8. The molecule has 3 rings (SSSR count). The maximum Gasteiger partial charge on any atom is 0.143 e. The Labute approximate surface area is 147 Å². The molecule has 0 spiro atoms. The van der Waals surface area contributed by atoms with Gasteiger partial charge in [-0.1, -0.05) is 23.9 Å². The van der Waals surface area contributed by atoms with E-state index in [-0.39, 0.29) is 16.9 Å². The van der Waals surface area contributed by atoms with Crippen LogP contribution in [0.15, 0.2) is 52.1 Å². The van der Waals surface area contributed by atoms with Gasteiger partial charge in [0.2, 0.25) is 0 Å². The zero-order valence-electron chi connectivity index (χ0n) is 12.9. The summed E-state index contributed by atoms with van der Waals surface area (Å²) in [5, 5.41) is 19.4. The Kier molecular flexibility index (Phi) is 4.69. The molecule has 1 aromatic carbocycles. The largest absolute Gasteiger partial charge is 0.468 e. The van der Waals surface area contributed by atoms with Crippen LogP contribution in [0.5, 0.6) is 0 Å². The Morgan fingerprint density at radius 2 is 1.96 bits per heavy atom. The van der Waals surface area contributed by atoms with Crippen molar-refractivity contribution < 1.29 is 8.81 Å². The Morgan fingerprint density at radius 1 is 1.16 bits per heavy atom. The number of hydrogen-bond acceptors (Lipinski definition) is 6. The van der Waals surface area contributed by atoms with Gasteiger partial charge in [-0.3, -0.25) is 0 Å². The number of benzene rings is 1. The number of rotatable bonds is 4. The summed E-state index contributed by atoms with van der Waals surface area (Å²) in [6.45, 7) is 0. The normalized spacial score (nSPS) is 10.2. The molecule has 2 heterocycles. The first-order chi connectivity index (χ1) is 12.1. The molecular weight excluding hydrogens is 339 g/mol. The molecule has 0 radical (unpaired) electrons. The molecule has 0 bridgehead atoms. The quantitative estimate of drug-likeness (QED) is 0.711. The highest BCUT2D eigenvalue weighted by molar-refractivity contribution is 7.98. The molecule has 0 fully saturated rings. The van der Waals surface area contributed by atoms with Gasteiger partial charge in [-0.2, -0.15) is 10.5 Å². The van der Waals surface area contributed by atoms with E-state index in [0.29, 0.717) is 27.7 Å². The SMILES string of the molecule is N#Cc1c(N)nc(SCc2ccco2)c(C#N)c1-c1cccc(F)c1. The highest BCUT2D eigenvalue weighted by Gasteiger charge is 2.21. The Hall–Kier alpha value is -3.29. The number of nitrogen functional groups attached to an aromatic ring is 1. The molecule has 0 aliphatic heterocycles. The van der Waals surface area contributed by atoms with E-state index in [2.05, 4.69) is 11.1 Å². The summed E-state index contributed by atoms with van der Waals surface area (Å²) in [6.07, 6.45) is 1.56. The van der Waals surface area contributed by atoms with Crippen LogP contribution in [0.1, 0.15) is 16.9 Å². The van der Waals surface area contributed by atoms with E-state index in [1.54, 1.807) is 24.5 Å². The summed E-state index contributed by atoms with van der Waals surface area (Å²) in [6, 6.07) is 13.3. The van der Waals surface area contributed by atoms with Gasteiger partial charge in [0.15, 0.2) is 0 Å². The van der Waals surface area contributed by atoms with Crippen molar-refractivity contribution in [3.63, 3.8) is 0 Å². The lowest BCUT2D eigenvalue weighted by atomic mass is 9.97. The lowest BCUT2D eigenvalue weighted by molar-refractivity contribution is 0.530. The smallest absolute Gasteiger partial charge is 0.143 e. The number of halogens is 1. The van der Waals surface area contributed by atoms with Crippen LogP contribution in [0.2, 0.25) is 0 Å². The molecule has 3 aromatic rings.